The highest BCUT2D eigenvalue weighted by Crippen LogP contribution is 1.98. The molecule has 5 heteroatoms. The van der Waals surface area contributed by atoms with Crippen LogP contribution in [0.15, 0.2) is 12.4 Å². The number of hydrogen-bond acceptors (Lipinski definition) is 3. The fourth-order valence-corrected chi connectivity index (χ4v) is 1.50. The van der Waals surface area contributed by atoms with Gasteiger partial charge in [0.2, 0.25) is 5.91 Å². The van der Waals surface area contributed by atoms with E-state index in [2.05, 4.69) is 27.1 Å². The molecule has 0 fully saturated rings. The lowest BCUT2D eigenvalue weighted by Crippen LogP contribution is -2.33. The third-order valence-electron chi connectivity index (χ3n) is 2.21. The Kier molecular flexibility index (Phi) is 5.56. The van der Waals surface area contributed by atoms with Crippen LogP contribution in [-0.2, 0) is 17.9 Å². The Morgan fingerprint density at radius 3 is 3.00 bits per heavy atom. The van der Waals surface area contributed by atoms with Gasteiger partial charge in [0.05, 0.1) is 13.1 Å². The third-order valence-corrected chi connectivity index (χ3v) is 2.21. The number of likely N-dealkylation sites (N-methyl/N-ethyl adjacent to an activating group) is 1. The van der Waals surface area contributed by atoms with Gasteiger partial charge in [-0.3, -0.25) is 4.79 Å². The maximum Gasteiger partial charge on any atom is 0.233 e. The molecule has 5 nitrogen and oxygen atoms in total. The molecule has 0 aromatic carbocycles. The fraction of sp³-hybridized carbons (Fsp3) is 0.636. The smallest absolute Gasteiger partial charge is 0.233 e. The monoisotopic (exact) mass is 224 g/mol. The summed E-state index contributed by atoms with van der Waals surface area (Å²) in [5.41, 5.74) is 0. The van der Waals surface area contributed by atoms with Crippen molar-refractivity contribution in [3.8, 4) is 0 Å². The lowest BCUT2D eigenvalue weighted by molar-refractivity contribution is -0.120. The highest BCUT2D eigenvalue weighted by Gasteiger charge is 2.03. The SMILES string of the molecule is CCCn1ccnc1CNCC(=O)NCC. The molecule has 0 bridgehead atoms. The van der Waals surface area contributed by atoms with Crippen LogP contribution in [0.5, 0.6) is 0 Å². The number of aromatic nitrogens is 2. The highest BCUT2D eigenvalue weighted by molar-refractivity contribution is 5.77. The van der Waals surface area contributed by atoms with Gasteiger partial charge in [-0.2, -0.15) is 0 Å². The Morgan fingerprint density at radius 1 is 1.50 bits per heavy atom. The molecule has 1 amide bonds. The number of amides is 1. The molecular weight excluding hydrogens is 204 g/mol. The first-order valence-electron chi connectivity index (χ1n) is 5.75. The summed E-state index contributed by atoms with van der Waals surface area (Å²) in [5.74, 6) is 1.00. The molecule has 0 radical (unpaired) electrons. The van der Waals surface area contributed by atoms with Gasteiger partial charge in [-0.25, -0.2) is 4.98 Å². The van der Waals surface area contributed by atoms with Crippen LogP contribution in [0, 0.1) is 0 Å². The predicted molar refractivity (Wildman–Crippen MR) is 62.9 cm³/mol. The Labute approximate surface area is 96.3 Å². The molecule has 2 N–H and O–H groups in total. The van der Waals surface area contributed by atoms with Crippen LogP contribution in [0.1, 0.15) is 26.1 Å². The fourth-order valence-electron chi connectivity index (χ4n) is 1.50. The van der Waals surface area contributed by atoms with Crippen molar-refractivity contribution in [1.29, 1.82) is 0 Å². The van der Waals surface area contributed by atoms with Gasteiger partial charge in [0, 0.05) is 25.5 Å². The highest BCUT2D eigenvalue weighted by atomic mass is 16.1. The molecule has 0 saturated heterocycles. The minimum Gasteiger partial charge on any atom is -0.355 e. The number of hydrogen-bond donors (Lipinski definition) is 2. The van der Waals surface area contributed by atoms with E-state index >= 15 is 0 Å². The molecule has 0 unspecified atom stereocenters. The van der Waals surface area contributed by atoms with E-state index in [-0.39, 0.29) is 5.91 Å². The van der Waals surface area contributed by atoms with Gasteiger partial charge in [-0.15, -0.1) is 0 Å². The van der Waals surface area contributed by atoms with E-state index in [0.717, 1.165) is 18.8 Å². The number of imidazole rings is 1. The molecule has 1 aromatic heterocycles. The molecule has 1 rings (SSSR count). The van der Waals surface area contributed by atoms with E-state index in [1.165, 1.54) is 0 Å². The number of nitrogens with zero attached hydrogens (tertiary/aromatic N) is 2. The minimum atomic E-state index is 0.0242. The number of carbonyl (C=O) groups excluding carboxylic acids is 1. The molecule has 0 aliphatic heterocycles. The maximum absolute atomic E-state index is 11.2. The van der Waals surface area contributed by atoms with Gasteiger partial charge in [-0.1, -0.05) is 6.92 Å². The third kappa shape index (κ3) is 4.02. The predicted octanol–water partition coefficient (Wildman–Crippen LogP) is 0.519. The first kappa shape index (κ1) is 12.7. The first-order valence-corrected chi connectivity index (χ1v) is 5.75. The van der Waals surface area contributed by atoms with Crippen molar-refractivity contribution < 1.29 is 4.79 Å². The first-order chi connectivity index (χ1) is 7.77. The van der Waals surface area contributed by atoms with Gasteiger partial charge >= 0.3 is 0 Å². The van der Waals surface area contributed by atoms with Crippen LogP contribution < -0.4 is 10.6 Å². The summed E-state index contributed by atoms with van der Waals surface area (Å²) in [7, 11) is 0. The van der Waals surface area contributed by atoms with E-state index in [0.29, 0.717) is 19.6 Å². The number of nitrogens with one attached hydrogen (secondary N) is 2. The van der Waals surface area contributed by atoms with Crippen LogP contribution in [0.4, 0.5) is 0 Å². The zero-order valence-electron chi connectivity index (χ0n) is 9.99. The van der Waals surface area contributed by atoms with Crippen molar-refractivity contribution in [3.63, 3.8) is 0 Å². The van der Waals surface area contributed by atoms with Crippen LogP contribution in [-0.4, -0.2) is 28.5 Å². The van der Waals surface area contributed by atoms with E-state index in [4.69, 9.17) is 0 Å². The summed E-state index contributed by atoms with van der Waals surface area (Å²) in [6, 6.07) is 0. The second-order valence-electron chi connectivity index (χ2n) is 3.59. The standard InChI is InChI=1S/C11H20N4O/c1-3-6-15-7-5-14-10(15)8-12-9-11(16)13-4-2/h5,7,12H,3-4,6,8-9H2,1-2H3,(H,13,16). The van der Waals surface area contributed by atoms with Gasteiger partial charge in [0.1, 0.15) is 5.82 Å². The molecule has 0 spiro atoms. The Hall–Kier alpha value is -1.36. The van der Waals surface area contributed by atoms with Crippen LogP contribution in [0.25, 0.3) is 0 Å². The van der Waals surface area contributed by atoms with Gasteiger partial charge in [-0.05, 0) is 13.3 Å². The van der Waals surface area contributed by atoms with Crippen molar-refractivity contribution >= 4 is 5.91 Å². The summed E-state index contributed by atoms with van der Waals surface area (Å²) < 4.78 is 2.10. The zero-order chi connectivity index (χ0) is 11.8. The average Bonchev–Trinajstić information content (AvgIpc) is 2.67. The van der Waals surface area contributed by atoms with Crippen molar-refractivity contribution in [2.75, 3.05) is 13.1 Å². The van der Waals surface area contributed by atoms with Gasteiger partial charge in [0.25, 0.3) is 0 Å². The van der Waals surface area contributed by atoms with Gasteiger partial charge < -0.3 is 15.2 Å². The lowest BCUT2D eigenvalue weighted by Gasteiger charge is -2.07. The Balaban J connectivity index is 2.31. The number of aryl methyl sites for hydroxylation is 1. The zero-order valence-corrected chi connectivity index (χ0v) is 9.99. The molecule has 0 aliphatic carbocycles. The summed E-state index contributed by atoms with van der Waals surface area (Å²) >= 11 is 0. The lowest BCUT2D eigenvalue weighted by atomic mass is 10.4. The quantitative estimate of drug-likeness (QED) is 0.710. The van der Waals surface area contributed by atoms with E-state index in [1.807, 2.05) is 13.1 Å². The second-order valence-corrected chi connectivity index (χ2v) is 3.59. The largest absolute Gasteiger partial charge is 0.355 e. The van der Waals surface area contributed by atoms with Crippen molar-refractivity contribution in [1.82, 2.24) is 20.2 Å². The summed E-state index contributed by atoms with van der Waals surface area (Å²) in [5, 5.41) is 5.81. The van der Waals surface area contributed by atoms with E-state index < -0.39 is 0 Å². The molecule has 0 saturated carbocycles. The van der Waals surface area contributed by atoms with Crippen molar-refractivity contribution in [2.24, 2.45) is 0 Å². The molecule has 0 aliphatic rings. The van der Waals surface area contributed by atoms with Gasteiger partial charge in [0.15, 0.2) is 0 Å². The topological polar surface area (TPSA) is 59.0 Å². The maximum atomic E-state index is 11.2. The summed E-state index contributed by atoms with van der Waals surface area (Å²) in [6.07, 6.45) is 4.84. The van der Waals surface area contributed by atoms with Crippen LogP contribution >= 0.6 is 0 Å². The van der Waals surface area contributed by atoms with Crippen molar-refractivity contribution in [2.45, 2.75) is 33.4 Å². The molecule has 90 valence electrons. The van der Waals surface area contributed by atoms with E-state index in [1.54, 1.807) is 6.20 Å². The molecule has 1 aromatic rings. The number of carbonyl (C=O) groups is 1. The number of rotatable bonds is 7. The summed E-state index contributed by atoms with van der Waals surface area (Å²) in [6.45, 7) is 6.65. The molecule has 16 heavy (non-hydrogen) atoms. The molecular formula is C11H20N4O. The van der Waals surface area contributed by atoms with Crippen LogP contribution in [0.3, 0.4) is 0 Å². The van der Waals surface area contributed by atoms with E-state index in [9.17, 15) is 4.79 Å². The average molecular weight is 224 g/mol. The Morgan fingerprint density at radius 2 is 2.31 bits per heavy atom. The molecule has 0 atom stereocenters. The Bertz CT molecular complexity index is 322. The summed E-state index contributed by atoms with van der Waals surface area (Å²) in [4.78, 5) is 15.4. The normalized spacial score (nSPS) is 10.4. The second kappa shape index (κ2) is 7.00. The van der Waals surface area contributed by atoms with Crippen LogP contribution in [0.2, 0.25) is 0 Å². The molecule has 1 heterocycles. The minimum absolute atomic E-state index is 0.0242. The van der Waals surface area contributed by atoms with Crippen molar-refractivity contribution in [3.05, 3.63) is 18.2 Å².